The molecule has 26 heavy (non-hydrogen) atoms. The van der Waals surface area contributed by atoms with Crippen molar-refractivity contribution in [1.29, 1.82) is 0 Å². The minimum absolute atomic E-state index is 0.346. The number of rotatable bonds is 7. The zero-order chi connectivity index (χ0) is 18.5. The normalized spacial score (nSPS) is 12.0. The van der Waals surface area contributed by atoms with E-state index in [1.807, 2.05) is 30.3 Å². The Morgan fingerprint density at radius 2 is 1.81 bits per heavy atom. The molecule has 136 valence electrons. The first kappa shape index (κ1) is 18.7. The van der Waals surface area contributed by atoms with Crippen molar-refractivity contribution in [3.8, 4) is 22.1 Å². The van der Waals surface area contributed by atoms with Gasteiger partial charge in [0.15, 0.2) is 11.5 Å². The molecule has 6 heteroatoms. The van der Waals surface area contributed by atoms with Crippen LogP contribution in [0.2, 0.25) is 5.02 Å². The first-order valence-corrected chi connectivity index (χ1v) is 9.62. The molecule has 2 aromatic carbocycles. The largest absolute Gasteiger partial charge is 0.493 e. The Hall–Kier alpha value is -2.08. The van der Waals surface area contributed by atoms with E-state index in [2.05, 4.69) is 29.8 Å². The Balaban J connectivity index is 1.67. The highest BCUT2D eigenvalue weighted by Crippen LogP contribution is 2.33. The Morgan fingerprint density at radius 3 is 2.50 bits per heavy atom. The van der Waals surface area contributed by atoms with Crippen molar-refractivity contribution in [2.24, 2.45) is 0 Å². The Kier molecular flexibility index (Phi) is 6.14. The van der Waals surface area contributed by atoms with E-state index in [4.69, 9.17) is 26.1 Å². The van der Waals surface area contributed by atoms with Gasteiger partial charge in [0.2, 0.25) is 0 Å². The molecule has 0 unspecified atom stereocenters. The highest BCUT2D eigenvalue weighted by Gasteiger charge is 2.12. The predicted octanol–water partition coefficient (Wildman–Crippen LogP) is 4.31. The summed E-state index contributed by atoms with van der Waals surface area (Å²) >= 11 is 7.60. The van der Waals surface area contributed by atoms with Crippen LogP contribution in [0.25, 0.3) is 10.6 Å². The van der Waals surface area contributed by atoms with Gasteiger partial charge in [-0.2, -0.15) is 0 Å². The summed E-state index contributed by atoms with van der Waals surface area (Å²) in [5.74, 6) is 1.43. The number of hydrogen-bond acceptors (Lipinski definition) is 4. The van der Waals surface area contributed by atoms with Gasteiger partial charge in [0.25, 0.3) is 0 Å². The van der Waals surface area contributed by atoms with Gasteiger partial charge in [-0.25, -0.2) is 4.98 Å². The van der Waals surface area contributed by atoms with Crippen LogP contribution in [0.4, 0.5) is 0 Å². The van der Waals surface area contributed by atoms with Crippen LogP contribution in [0.5, 0.6) is 11.5 Å². The molecule has 1 heterocycles. The quantitative estimate of drug-likeness (QED) is 0.655. The van der Waals surface area contributed by atoms with E-state index in [9.17, 15) is 0 Å². The van der Waals surface area contributed by atoms with Gasteiger partial charge in [-0.15, -0.1) is 11.3 Å². The first-order chi connectivity index (χ1) is 12.6. The van der Waals surface area contributed by atoms with Gasteiger partial charge in [0.1, 0.15) is 23.3 Å². The van der Waals surface area contributed by atoms with Crippen LogP contribution < -0.4 is 14.8 Å². The first-order valence-electron chi connectivity index (χ1n) is 8.36. The summed E-state index contributed by atoms with van der Waals surface area (Å²) in [5, 5.41) is 6.13. The molecule has 4 nitrogen and oxygen atoms in total. The zero-order valence-corrected chi connectivity index (χ0v) is 16.6. The third-order valence-corrected chi connectivity index (χ3v) is 5.45. The van der Waals surface area contributed by atoms with E-state index < -0.39 is 0 Å². The molecule has 0 spiro atoms. The Bertz CT molecular complexity index is 865. The van der Waals surface area contributed by atoms with Gasteiger partial charge >= 0.3 is 0 Å². The third kappa shape index (κ3) is 4.36. The van der Waals surface area contributed by atoms with Crippen molar-refractivity contribution in [3.05, 3.63) is 64.1 Å². The molecule has 0 radical (unpaired) electrons. The smallest absolute Gasteiger partial charge is 0.161 e. The number of aromatic nitrogens is 1. The molecule has 1 aromatic heterocycles. The molecule has 2 N–H and O–H groups in total. The van der Waals surface area contributed by atoms with E-state index >= 15 is 0 Å². The van der Waals surface area contributed by atoms with E-state index in [1.54, 1.807) is 25.6 Å². The third-order valence-electron chi connectivity index (χ3n) is 4.26. The van der Waals surface area contributed by atoms with E-state index in [0.29, 0.717) is 11.8 Å². The lowest BCUT2D eigenvalue weighted by molar-refractivity contribution is -0.708. The number of nitrogens with two attached hydrogens (primary N) is 1. The summed E-state index contributed by atoms with van der Waals surface area (Å²) in [5.41, 5.74) is 3.36. The fraction of sp³-hybridized carbons (Fsp3) is 0.250. The molecule has 3 aromatic rings. The molecule has 0 aliphatic carbocycles. The Morgan fingerprint density at radius 1 is 1.08 bits per heavy atom. The number of halogens is 1. The van der Waals surface area contributed by atoms with Gasteiger partial charge in [0.05, 0.1) is 14.2 Å². The lowest BCUT2D eigenvalue weighted by atomic mass is 10.1. The maximum Gasteiger partial charge on any atom is 0.161 e. The highest BCUT2D eigenvalue weighted by molar-refractivity contribution is 7.13. The number of hydrogen-bond donors (Lipinski definition) is 1. The van der Waals surface area contributed by atoms with Gasteiger partial charge in [-0.3, -0.25) is 0 Å². The molecule has 0 amide bonds. The topological polar surface area (TPSA) is 48.0 Å². The van der Waals surface area contributed by atoms with Gasteiger partial charge in [-0.05, 0) is 37.3 Å². The second kappa shape index (κ2) is 8.54. The molecule has 0 bridgehead atoms. The van der Waals surface area contributed by atoms with Crippen molar-refractivity contribution in [2.75, 3.05) is 14.2 Å². The van der Waals surface area contributed by atoms with Crippen molar-refractivity contribution in [2.45, 2.75) is 19.5 Å². The van der Waals surface area contributed by atoms with Crippen LogP contribution >= 0.6 is 22.9 Å². The number of methoxy groups -OCH3 is 2. The average molecular weight is 390 g/mol. The van der Waals surface area contributed by atoms with Crippen molar-refractivity contribution < 1.29 is 14.8 Å². The second-order valence-electron chi connectivity index (χ2n) is 5.99. The fourth-order valence-corrected chi connectivity index (χ4v) is 3.66. The maximum atomic E-state index is 5.96. The van der Waals surface area contributed by atoms with Crippen molar-refractivity contribution in [1.82, 2.24) is 4.98 Å². The fourth-order valence-electron chi connectivity index (χ4n) is 2.70. The SMILES string of the molecule is COc1ccc(-c2nc(C[NH2+][C@@H](C)c3ccc(Cl)cc3)cs2)cc1OC. The molecular formula is C20H22ClN2O2S+. The number of quaternary nitrogens is 1. The molecule has 0 aliphatic rings. The number of nitrogens with zero attached hydrogens (tertiary/aromatic N) is 1. The predicted molar refractivity (Wildman–Crippen MR) is 106 cm³/mol. The summed E-state index contributed by atoms with van der Waals surface area (Å²) in [6.45, 7) is 3.01. The van der Waals surface area contributed by atoms with E-state index in [0.717, 1.165) is 33.6 Å². The molecular weight excluding hydrogens is 368 g/mol. The van der Waals surface area contributed by atoms with Gasteiger partial charge in [-0.1, -0.05) is 23.7 Å². The maximum absolute atomic E-state index is 5.96. The minimum Gasteiger partial charge on any atom is -0.493 e. The minimum atomic E-state index is 0.346. The summed E-state index contributed by atoms with van der Waals surface area (Å²) < 4.78 is 10.7. The second-order valence-corrected chi connectivity index (χ2v) is 7.29. The summed E-state index contributed by atoms with van der Waals surface area (Å²) in [6.07, 6.45) is 0. The van der Waals surface area contributed by atoms with Crippen LogP contribution in [0.3, 0.4) is 0 Å². The lowest BCUT2D eigenvalue weighted by Gasteiger charge is -2.10. The molecule has 0 saturated carbocycles. The summed E-state index contributed by atoms with van der Waals surface area (Å²) in [6, 6.07) is 14.2. The van der Waals surface area contributed by atoms with Crippen molar-refractivity contribution in [3.63, 3.8) is 0 Å². The number of thiazole rings is 1. The molecule has 0 saturated heterocycles. The Labute approximate surface area is 162 Å². The van der Waals surface area contributed by atoms with E-state index in [-0.39, 0.29) is 0 Å². The molecule has 3 rings (SSSR count). The van der Waals surface area contributed by atoms with Crippen LogP contribution in [-0.4, -0.2) is 19.2 Å². The number of benzene rings is 2. The van der Waals surface area contributed by atoms with Crippen LogP contribution in [0.1, 0.15) is 24.2 Å². The number of ether oxygens (including phenoxy) is 2. The van der Waals surface area contributed by atoms with Crippen LogP contribution in [0, 0.1) is 0 Å². The highest BCUT2D eigenvalue weighted by atomic mass is 35.5. The molecule has 0 fully saturated rings. The molecule has 0 aliphatic heterocycles. The monoisotopic (exact) mass is 389 g/mol. The van der Waals surface area contributed by atoms with Crippen molar-refractivity contribution >= 4 is 22.9 Å². The lowest BCUT2D eigenvalue weighted by Crippen LogP contribution is -2.83. The van der Waals surface area contributed by atoms with Gasteiger partial charge in [0, 0.05) is 21.5 Å². The zero-order valence-electron chi connectivity index (χ0n) is 15.0. The summed E-state index contributed by atoms with van der Waals surface area (Å²) in [7, 11) is 3.28. The average Bonchev–Trinajstić information content (AvgIpc) is 3.15. The summed E-state index contributed by atoms with van der Waals surface area (Å²) in [4.78, 5) is 4.76. The van der Waals surface area contributed by atoms with Gasteiger partial charge < -0.3 is 14.8 Å². The molecule has 1 atom stereocenters. The van der Waals surface area contributed by atoms with Crippen LogP contribution in [-0.2, 0) is 6.54 Å². The van der Waals surface area contributed by atoms with Crippen LogP contribution in [0.15, 0.2) is 47.8 Å². The van der Waals surface area contributed by atoms with E-state index in [1.165, 1.54) is 5.56 Å². The standard InChI is InChI=1S/C20H21ClN2O2S/c1-13(14-4-7-16(21)8-5-14)22-11-17-12-26-20(23-17)15-6-9-18(24-2)19(10-15)25-3/h4-10,12-13,22H,11H2,1-3H3/p+1/t13-/m0/s1.